The lowest BCUT2D eigenvalue weighted by Crippen LogP contribution is -1.97. The molecule has 0 fully saturated rings. The van der Waals surface area contributed by atoms with E-state index >= 15 is 0 Å². The zero-order chi connectivity index (χ0) is 13.6. The third-order valence-corrected chi connectivity index (χ3v) is 2.93. The van der Waals surface area contributed by atoms with E-state index < -0.39 is 11.6 Å². The van der Waals surface area contributed by atoms with Crippen LogP contribution in [0.5, 0.6) is 0 Å². The van der Waals surface area contributed by atoms with Crippen LogP contribution in [0.3, 0.4) is 0 Å². The quantitative estimate of drug-likeness (QED) is 0.660. The fraction of sp³-hybridized carbons (Fsp3) is 0. The maximum Gasteiger partial charge on any atom is 0.182 e. The first-order valence-electron chi connectivity index (χ1n) is 5.47. The molecule has 0 unspecified atom stereocenters. The number of aromatic nitrogens is 1. The van der Waals surface area contributed by atoms with Crippen molar-refractivity contribution in [3.63, 3.8) is 0 Å². The summed E-state index contributed by atoms with van der Waals surface area (Å²) in [5.74, 6) is -1.97. The molecule has 0 atom stereocenters. The van der Waals surface area contributed by atoms with E-state index in [1.54, 1.807) is 18.2 Å². The molecule has 0 aliphatic carbocycles. The Morgan fingerprint density at radius 1 is 0.947 bits per heavy atom. The first kappa shape index (κ1) is 11.5. The van der Waals surface area contributed by atoms with Crippen LogP contribution in [0, 0.1) is 11.6 Å². The average Bonchev–Trinajstić information content (AvgIpc) is 2.79. The lowest BCUT2D eigenvalue weighted by atomic mass is 10.0. The van der Waals surface area contributed by atoms with Crippen molar-refractivity contribution in [1.29, 1.82) is 0 Å². The Hall–Kier alpha value is -2.63. The van der Waals surface area contributed by atoms with Crippen molar-refractivity contribution >= 4 is 22.5 Å². The number of hydrogen-bond donors (Lipinski definition) is 2. The Morgan fingerprint density at radius 2 is 1.74 bits per heavy atom. The highest BCUT2D eigenvalue weighted by atomic mass is 19.2. The van der Waals surface area contributed by atoms with Gasteiger partial charge in [-0.15, -0.1) is 0 Å². The van der Waals surface area contributed by atoms with E-state index in [0.29, 0.717) is 16.5 Å². The Labute approximate surface area is 106 Å². The topological polar surface area (TPSA) is 78.1 Å². The fourth-order valence-corrected chi connectivity index (χ4v) is 2.01. The van der Waals surface area contributed by atoms with Gasteiger partial charge >= 0.3 is 0 Å². The minimum absolute atomic E-state index is 0.0622. The van der Waals surface area contributed by atoms with E-state index in [2.05, 4.69) is 5.16 Å². The van der Waals surface area contributed by atoms with Crippen LogP contribution in [0.4, 0.5) is 20.3 Å². The van der Waals surface area contributed by atoms with E-state index in [1.807, 2.05) is 0 Å². The van der Waals surface area contributed by atoms with Crippen LogP contribution < -0.4 is 11.5 Å². The average molecular weight is 261 g/mol. The number of rotatable bonds is 1. The monoisotopic (exact) mass is 261 g/mol. The summed E-state index contributed by atoms with van der Waals surface area (Å²) in [6.07, 6.45) is 0. The van der Waals surface area contributed by atoms with Gasteiger partial charge in [0, 0.05) is 5.56 Å². The number of nitrogen functional groups attached to an aromatic ring is 2. The zero-order valence-corrected chi connectivity index (χ0v) is 9.65. The molecule has 0 aliphatic rings. The highest BCUT2D eigenvalue weighted by Gasteiger charge is 2.17. The molecule has 19 heavy (non-hydrogen) atoms. The smallest absolute Gasteiger partial charge is 0.182 e. The summed E-state index contributed by atoms with van der Waals surface area (Å²) < 4.78 is 32.5. The number of nitrogens with zero attached hydrogens (tertiary/aromatic N) is 1. The number of hydrogen-bond acceptors (Lipinski definition) is 4. The van der Waals surface area contributed by atoms with Gasteiger partial charge in [0.2, 0.25) is 0 Å². The number of halogens is 2. The Bertz CT molecular complexity index is 783. The molecular weight excluding hydrogens is 252 g/mol. The zero-order valence-electron chi connectivity index (χ0n) is 9.65. The molecule has 1 heterocycles. The van der Waals surface area contributed by atoms with Crippen molar-refractivity contribution in [2.45, 2.75) is 0 Å². The summed E-state index contributed by atoms with van der Waals surface area (Å²) in [7, 11) is 0. The second-order valence-corrected chi connectivity index (χ2v) is 4.08. The van der Waals surface area contributed by atoms with Gasteiger partial charge in [-0.05, 0) is 23.8 Å². The van der Waals surface area contributed by atoms with E-state index in [4.69, 9.17) is 16.0 Å². The standard InChI is InChI=1S/C13H9F2N3O/c14-11-7(4-5-8(16)12(11)15)6-2-1-3-9-10(6)13(17)18-19-9/h1-5H,16H2,(H2,17,18). The maximum atomic E-state index is 14.0. The molecule has 4 nitrogen and oxygen atoms in total. The first-order valence-corrected chi connectivity index (χ1v) is 5.47. The largest absolute Gasteiger partial charge is 0.396 e. The minimum atomic E-state index is -1.08. The van der Waals surface area contributed by atoms with Gasteiger partial charge in [-0.25, -0.2) is 8.78 Å². The number of anilines is 2. The first-order chi connectivity index (χ1) is 9.09. The van der Waals surface area contributed by atoms with Crippen LogP contribution in [0.25, 0.3) is 22.1 Å². The van der Waals surface area contributed by atoms with Crippen LogP contribution in [-0.4, -0.2) is 5.16 Å². The van der Waals surface area contributed by atoms with Crippen LogP contribution in [0.2, 0.25) is 0 Å². The number of nitrogens with two attached hydrogens (primary N) is 2. The van der Waals surface area contributed by atoms with Gasteiger partial charge in [0.15, 0.2) is 23.0 Å². The number of fused-ring (bicyclic) bond motifs is 1. The molecule has 3 rings (SSSR count). The maximum absolute atomic E-state index is 14.0. The van der Waals surface area contributed by atoms with E-state index in [1.165, 1.54) is 12.1 Å². The molecule has 0 aliphatic heterocycles. The minimum Gasteiger partial charge on any atom is -0.396 e. The lowest BCUT2D eigenvalue weighted by molar-refractivity contribution is 0.460. The fourth-order valence-electron chi connectivity index (χ4n) is 2.01. The summed E-state index contributed by atoms with van der Waals surface area (Å²) in [4.78, 5) is 0. The van der Waals surface area contributed by atoms with Gasteiger partial charge in [-0.1, -0.05) is 17.3 Å². The summed E-state index contributed by atoms with van der Waals surface area (Å²) in [5.41, 5.74) is 11.6. The third kappa shape index (κ3) is 1.61. The molecular formula is C13H9F2N3O. The van der Waals surface area contributed by atoms with Crippen LogP contribution in [0.15, 0.2) is 34.9 Å². The summed E-state index contributed by atoms with van der Waals surface area (Å²) in [6.45, 7) is 0. The molecule has 4 N–H and O–H groups in total. The Morgan fingerprint density at radius 3 is 2.53 bits per heavy atom. The van der Waals surface area contributed by atoms with Crippen LogP contribution in [-0.2, 0) is 0 Å². The van der Waals surface area contributed by atoms with Gasteiger partial charge in [-0.3, -0.25) is 0 Å². The predicted molar refractivity (Wildman–Crippen MR) is 68.2 cm³/mol. The van der Waals surface area contributed by atoms with Crippen LogP contribution >= 0.6 is 0 Å². The molecule has 0 spiro atoms. The highest BCUT2D eigenvalue weighted by Crippen LogP contribution is 2.35. The Balaban J connectivity index is 2.37. The third-order valence-electron chi connectivity index (χ3n) is 2.93. The summed E-state index contributed by atoms with van der Waals surface area (Å²) in [5, 5.41) is 4.06. The molecule has 2 aromatic carbocycles. The van der Waals surface area contributed by atoms with Gasteiger partial charge < -0.3 is 16.0 Å². The van der Waals surface area contributed by atoms with E-state index in [9.17, 15) is 8.78 Å². The second-order valence-electron chi connectivity index (χ2n) is 4.08. The van der Waals surface area contributed by atoms with Crippen molar-refractivity contribution in [3.05, 3.63) is 42.0 Å². The van der Waals surface area contributed by atoms with Crippen molar-refractivity contribution in [1.82, 2.24) is 5.16 Å². The second kappa shape index (κ2) is 3.94. The molecule has 0 bridgehead atoms. The number of benzene rings is 2. The summed E-state index contributed by atoms with van der Waals surface area (Å²) in [6, 6.07) is 7.61. The molecule has 0 saturated heterocycles. The van der Waals surface area contributed by atoms with Crippen molar-refractivity contribution in [3.8, 4) is 11.1 Å². The molecule has 1 aromatic heterocycles. The normalized spacial score (nSPS) is 11.1. The molecule has 0 saturated carbocycles. The summed E-state index contributed by atoms with van der Waals surface area (Å²) >= 11 is 0. The molecule has 6 heteroatoms. The molecule has 96 valence electrons. The highest BCUT2D eigenvalue weighted by molar-refractivity contribution is 6.00. The molecule has 0 radical (unpaired) electrons. The van der Waals surface area contributed by atoms with Gasteiger partial charge in [-0.2, -0.15) is 0 Å². The van der Waals surface area contributed by atoms with Crippen molar-refractivity contribution < 1.29 is 13.3 Å². The van der Waals surface area contributed by atoms with Crippen molar-refractivity contribution in [2.75, 3.05) is 11.5 Å². The van der Waals surface area contributed by atoms with Gasteiger partial charge in [0.1, 0.15) is 0 Å². The van der Waals surface area contributed by atoms with E-state index in [0.717, 1.165) is 0 Å². The molecule has 0 amide bonds. The Kier molecular flexibility index (Phi) is 2.38. The molecule has 3 aromatic rings. The van der Waals surface area contributed by atoms with Crippen molar-refractivity contribution in [2.24, 2.45) is 0 Å². The lowest BCUT2D eigenvalue weighted by Gasteiger charge is -2.07. The SMILES string of the molecule is Nc1ccc(-c2cccc3onc(N)c23)c(F)c1F. The predicted octanol–water partition coefficient (Wildman–Crippen LogP) is 2.94. The van der Waals surface area contributed by atoms with Crippen LogP contribution in [0.1, 0.15) is 0 Å². The van der Waals surface area contributed by atoms with Gasteiger partial charge in [0.25, 0.3) is 0 Å². The van der Waals surface area contributed by atoms with E-state index in [-0.39, 0.29) is 17.1 Å². The van der Waals surface area contributed by atoms with Gasteiger partial charge in [0.05, 0.1) is 11.1 Å².